The zero-order chi connectivity index (χ0) is 20.7. The highest BCUT2D eigenvalue weighted by Gasteiger charge is 2.15. The molecule has 0 saturated carbocycles. The first-order valence-electron chi connectivity index (χ1n) is 8.73. The highest BCUT2D eigenvalue weighted by Crippen LogP contribution is 2.20. The van der Waals surface area contributed by atoms with Gasteiger partial charge in [-0.3, -0.25) is 9.52 Å². The maximum atomic E-state index is 12.2. The summed E-state index contributed by atoms with van der Waals surface area (Å²) in [7, 11) is -3.57. The highest BCUT2D eigenvalue weighted by atomic mass is 79.9. The minimum Gasteiger partial charge on any atom is -0.492 e. The van der Waals surface area contributed by atoms with Crippen LogP contribution < -0.4 is 14.8 Å². The van der Waals surface area contributed by atoms with E-state index in [9.17, 15) is 13.2 Å². The average Bonchev–Trinajstić information content (AvgIpc) is 3.23. The molecule has 1 heterocycles. The summed E-state index contributed by atoms with van der Waals surface area (Å²) in [5.74, 6) is 0.601. The van der Waals surface area contributed by atoms with Gasteiger partial charge >= 0.3 is 0 Å². The van der Waals surface area contributed by atoms with Crippen LogP contribution in [0, 0.1) is 0 Å². The summed E-state index contributed by atoms with van der Waals surface area (Å²) in [6.45, 7) is 0.760. The van der Waals surface area contributed by atoms with Crippen molar-refractivity contribution in [2.75, 3.05) is 17.9 Å². The Balaban J connectivity index is 1.44. The number of ether oxygens (including phenoxy) is 1. The molecule has 0 spiro atoms. The van der Waals surface area contributed by atoms with Crippen molar-refractivity contribution in [3.63, 3.8) is 0 Å². The van der Waals surface area contributed by atoms with Crippen LogP contribution in [0.25, 0.3) is 0 Å². The van der Waals surface area contributed by atoms with Gasteiger partial charge < -0.3 is 10.1 Å². The average molecular weight is 495 g/mol. The SMILES string of the molecule is O=C(Cc1ccc(NS(=O)(=O)c2cccs2)cc1)NCCOc1cccc(Br)c1. The number of nitrogens with one attached hydrogen (secondary N) is 2. The van der Waals surface area contributed by atoms with Crippen molar-refractivity contribution >= 4 is 48.9 Å². The molecule has 0 aliphatic carbocycles. The third kappa shape index (κ3) is 6.59. The van der Waals surface area contributed by atoms with Gasteiger partial charge in [0.25, 0.3) is 10.0 Å². The second kappa shape index (κ2) is 9.91. The number of hydrogen-bond donors (Lipinski definition) is 2. The fourth-order valence-electron chi connectivity index (χ4n) is 2.48. The van der Waals surface area contributed by atoms with Crippen molar-refractivity contribution in [1.29, 1.82) is 0 Å². The molecule has 29 heavy (non-hydrogen) atoms. The smallest absolute Gasteiger partial charge is 0.271 e. The minimum atomic E-state index is -3.57. The quantitative estimate of drug-likeness (QED) is 0.439. The molecule has 2 aromatic carbocycles. The molecule has 0 aliphatic heterocycles. The predicted molar refractivity (Wildman–Crippen MR) is 118 cm³/mol. The van der Waals surface area contributed by atoms with Crippen molar-refractivity contribution < 1.29 is 17.9 Å². The molecule has 9 heteroatoms. The van der Waals surface area contributed by atoms with Crippen LogP contribution in [0.3, 0.4) is 0 Å². The molecule has 0 radical (unpaired) electrons. The van der Waals surface area contributed by atoms with E-state index < -0.39 is 10.0 Å². The maximum absolute atomic E-state index is 12.2. The van der Waals surface area contributed by atoms with Gasteiger partial charge in [-0.2, -0.15) is 0 Å². The lowest BCUT2D eigenvalue weighted by molar-refractivity contribution is -0.120. The molecule has 1 amide bonds. The van der Waals surface area contributed by atoms with Gasteiger partial charge in [0, 0.05) is 10.2 Å². The lowest BCUT2D eigenvalue weighted by atomic mass is 10.1. The van der Waals surface area contributed by atoms with Gasteiger partial charge in [-0.05, 0) is 47.3 Å². The maximum Gasteiger partial charge on any atom is 0.271 e. The fourth-order valence-corrected chi connectivity index (χ4v) is 4.91. The molecule has 2 N–H and O–H groups in total. The van der Waals surface area contributed by atoms with Gasteiger partial charge in [-0.25, -0.2) is 8.42 Å². The highest BCUT2D eigenvalue weighted by molar-refractivity contribution is 9.10. The number of carbonyl (C=O) groups is 1. The molecule has 6 nitrogen and oxygen atoms in total. The Kier molecular flexibility index (Phi) is 7.29. The number of thiophene rings is 1. The van der Waals surface area contributed by atoms with Crippen molar-refractivity contribution in [3.05, 3.63) is 76.1 Å². The first-order chi connectivity index (χ1) is 13.9. The minimum absolute atomic E-state index is 0.130. The molecular weight excluding hydrogens is 476 g/mol. The Morgan fingerprint density at radius 2 is 1.86 bits per heavy atom. The van der Waals surface area contributed by atoms with E-state index in [4.69, 9.17) is 4.74 Å². The van der Waals surface area contributed by atoms with Crippen LogP contribution in [0.2, 0.25) is 0 Å². The van der Waals surface area contributed by atoms with E-state index in [0.717, 1.165) is 27.1 Å². The van der Waals surface area contributed by atoms with Gasteiger partial charge in [0.1, 0.15) is 16.6 Å². The van der Waals surface area contributed by atoms with E-state index in [-0.39, 0.29) is 16.5 Å². The Morgan fingerprint density at radius 1 is 1.07 bits per heavy atom. The van der Waals surface area contributed by atoms with Crippen LogP contribution in [0.15, 0.2) is 74.7 Å². The van der Waals surface area contributed by atoms with Crippen LogP contribution in [-0.2, 0) is 21.2 Å². The van der Waals surface area contributed by atoms with Crippen LogP contribution >= 0.6 is 27.3 Å². The van der Waals surface area contributed by atoms with E-state index in [1.54, 1.807) is 41.8 Å². The van der Waals surface area contributed by atoms with E-state index in [0.29, 0.717) is 18.8 Å². The van der Waals surface area contributed by atoms with Crippen LogP contribution in [0.4, 0.5) is 5.69 Å². The molecule has 0 unspecified atom stereocenters. The second-order valence-electron chi connectivity index (χ2n) is 6.07. The standard InChI is InChI=1S/C20H19BrN2O4S2/c21-16-3-1-4-18(14-16)27-11-10-22-19(24)13-15-6-8-17(9-7-15)23-29(25,26)20-5-2-12-28-20/h1-9,12,14,23H,10-11,13H2,(H,22,24). The largest absolute Gasteiger partial charge is 0.492 e. The van der Waals surface area contributed by atoms with Crippen molar-refractivity contribution in [2.45, 2.75) is 10.6 Å². The molecule has 0 atom stereocenters. The number of amides is 1. The molecule has 3 aromatic rings. The first kappa shape index (κ1) is 21.4. The van der Waals surface area contributed by atoms with Gasteiger partial charge in [0.2, 0.25) is 5.91 Å². The van der Waals surface area contributed by atoms with E-state index in [1.165, 1.54) is 0 Å². The molecule has 3 rings (SSSR count). The van der Waals surface area contributed by atoms with Gasteiger partial charge in [-0.1, -0.05) is 40.2 Å². The number of sulfonamides is 1. The summed E-state index contributed by atoms with van der Waals surface area (Å²) in [5.41, 5.74) is 1.24. The van der Waals surface area contributed by atoms with Crippen molar-refractivity contribution in [3.8, 4) is 5.75 Å². The number of halogens is 1. The normalized spacial score (nSPS) is 11.1. The molecule has 0 bridgehead atoms. The lowest BCUT2D eigenvalue weighted by Gasteiger charge is -2.09. The monoisotopic (exact) mass is 494 g/mol. The van der Waals surface area contributed by atoms with Crippen molar-refractivity contribution in [2.24, 2.45) is 0 Å². The number of benzene rings is 2. The predicted octanol–water partition coefficient (Wildman–Crippen LogP) is 4.05. The molecule has 0 aliphatic rings. The second-order valence-corrected chi connectivity index (χ2v) is 9.84. The van der Waals surface area contributed by atoms with Crippen LogP contribution in [0.1, 0.15) is 5.56 Å². The van der Waals surface area contributed by atoms with Crippen LogP contribution in [-0.4, -0.2) is 27.5 Å². The van der Waals surface area contributed by atoms with Crippen LogP contribution in [0.5, 0.6) is 5.75 Å². The summed E-state index contributed by atoms with van der Waals surface area (Å²) in [4.78, 5) is 12.1. The van der Waals surface area contributed by atoms with Gasteiger partial charge in [0.05, 0.1) is 13.0 Å². The zero-order valence-corrected chi connectivity index (χ0v) is 18.5. The summed E-state index contributed by atoms with van der Waals surface area (Å²) in [6.07, 6.45) is 0.203. The molecule has 1 aromatic heterocycles. The molecule has 152 valence electrons. The van der Waals surface area contributed by atoms with Crippen molar-refractivity contribution in [1.82, 2.24) is 5.32 Å². The van der Waals surface area contributed by atoms with E-state index in [1.807, 2.05) is 24.3 Å². The summed E-state index contributed by atoms with van der Waals surface area (Å²) >= 11 is 4.53. The Labute approximate surface area is 182 Å². The Hall–Kier alpha value is -2.36. The zero-order valence-electron chi connectivity index (χ0n) is 15.3. The molecular formula is C20H19BrN2O4S2. The van der Waals surface area contributed by atoms with Gasteiger partial charge in [-0.15, -0.1) is 11.3 Å². The Morgan fingerprint density at radius 3 is 2.55 bits per heavy atom. The number of hydrogen-bond acceptors (Lipinski definition) is 5. The fraction of sp³-hybridized carbons (Fsp3) is 0.150. The number of rotatable bonds is 9. The first-order valence-corrected chi connectivity index (χ1v) is 11.9. The lowest BCUT2D eigenvalue weighted by Crippen LogP contribution is -2.29. The summed E-state index contributed by atoms with van der Waals surface area (Å²) < 4.78 is 33.7. The van der Waals surface area contributed by atoms with E-state index >= 15 is 0 Å². The number of anilines is 1. The summed E-state index contributed by atoms with van der Waals surface area (Å²) in [5, 5.41) is 4.51. The third-order valence-corrected chi connectivity index (χ3v) is 7.09. The van der Waals surface area contributed by atoms with Gasteiger partial charge in [0.15, 0.2) is 0 Å². The number of carbonyl (C=O) groups excluding carboxylic acids is 1. The molecule has 0 fully saturated rings. The molecule has 0 saturated heterocycles. The Bertz CT molecular complexity index is 1050. The third-order valence-electron chi connectivity index (χ3n) is 3.82. The topological polar surface area (TPSA) is 84.5 Å². The van der Waals surface area contributed by atoms with E-state index in [2.05, 4.69) is 26.0 Å². The summed E-state index contributed by atoms with van der Waals surface area (Å²) in [6, 6.07) is 17.5.